The van der Waals surface area contributed by atoms with Crippen molar-refractivity contribution >= 4 is 23.5 Å². The highest BCUT2D eigenvalue weighted by atomic mass is 16.5. The number of likely N-dealkylation sites (tertiary alicyclic amines) is 1. The quantitative estimate of drug-likeness (QED) is 0.573. The molecule has 1 aromatic heterocycles. The standard InChI is InChI=1S/C25H36N6O3/c1-4-19-7-8-31(16-19)25(33)27-20-6-5-17(2)21(13-20)22-14-23(26-15-18(3)32)29-24(28-22)30-9-11-34-12-10-30/h5-6,13-14,18-19,32H,4,7-12,15-16H2,1-3H3,(H,27,33)(H,26,28,29)/t18-,19+/m1/s1. The highest BCUT2D eigenvalue weighted by Crippen LogP contribution is 2.29. The maximum atomic E-state index is 12.8. The lowest BCUT2D eigenvalue weighted by atomic mass is 10.0. The van der Waals surface area contributed by atoms with Crippen LogP contribution in [-0.4, -0.2) is 78.0 Å². The van der Waals surface area contributed by atoms with E-state index in [-0.39, 0.29) is 6.03 Å². The first kappa shape index (κ1) is 24.2. The molecule has 2 amide bonds. The molecule has 2 saturated heterocycles. The highest BCUT2D eigenvalue weighted by molar-refractivity contribution is 5.90. The predicted octanol–water partition coefficient (Wildman–Crippen LogP) is 3.35. The summed E-state index contributed by atoms with van der Waals surface area (Å²) in [7, 11) is 0. The van der Waals surface area contributed by atoms with Crippen LogP contribution in [0.4, 0.5) is 22.2 Å². The summed E-state index contributed by atoms with van der Waals surface area (Å²) in [5, 5.41) is 16.0. The lowest BCUT2D eigenvalue weighted by Gasteiger charge is -2.27. The smallest absolute Gasteiger partial charge is 0.321 e. The van der Waals surface area contributed by atoms with E-state index in [1.165, 1.54) is 0 Å². The normalized spacial score (nSPS) is 19.2. The maximum absolute atomic E-state index is 12.8. The van der Waals surface area contributed by atoms with Gasteiger partial charge in [-0.25, -0.2) is 9.78 Å². The van der Waals surface area contributed by atoms with E-state index in [1.807, 2.05) is 36.1 Å². The first-order valence-corrected chi connectivity index (χ1v) is 12.2. The van der Waals surface area contributed by atoms with Crippen LogP contribution >= 0.6 is 0 Å². The minimum Gasteiger partial charge on any atom is -0.392 e. The summed E-state index contributed by atoms with van der Waals surface area (Å²) < 4.78 is 5.48. The fourth-order valence-corrected chi connectivity index (χ4v) is 4.35. The van der Waals surface area contributed by atoms with Crippen LogP contribution in [0.5, 0.6) is 0 Å². The molecule has 2 aliphatic rings. The van der Waals surface area contributed by atoms with Gasteiger partial charge >= 0.3 is 6.03 Å². The van der Waals surface area contributed by atoms with Crippen LogP contribution in [0.2, 0.25) is 0 Å². The Bertz CT molecular complexity index is 993. The van der Waals surface area contributed by atoms with E-state index in [9.17, 15) is 9.90 Å². The number of ether oxygens (including phenoxy) is 1. The van der Waals surface area contributed by atoms with Crippen LogP contribution < -0.4 is 15.5 Å². The van der Waals surface area contributed by atoms with Gasteiger partial charge in [0.1, 0.15) is 5.82 Å². The van der Waals surface area contributed by atoms with Crippen molar-refractivity contribution in [3.63, 3.8) is 0 Å². The van der Waals surface area contributed by atoms with Crippen molar-refractivity contribution in [2.45, 2.75) is 39.7 Å². The number of hydrogen-bond donors (Lipinski definition) is 3. The monoisotopic (exact) mass is 468 g/mol. The number of morpholine rings is 1. The van der Waals surface area contributed by atoms with Crippen LogP contribution in [0.15, 0.2) is 24.3 Å². The van der Waals surface area contributed by atoms with Crippen LogP contribution in [0.3, 0.4) is 0 Å². The van der Waals surface area contributed by atoms with E-state index in [0.29, 0.717) is 37.4 Å². The second-order valence-electron chi connectivity index (χ2n) is 9.24. The van der Waals surface area contributed by atoms with Crippen molar-refractivity contribution in [1.82, 2.24) is 14.9 Å². The van der Waals surface area contributed by atoms with Gasteiger partial charge in [-0.05, 0) is 43.9 Å². The molecular formula is C25H36N6O3. The minimum absolute atomic E-state index is 0.0539. The van der Waals surface area contributed by atoms with Gasteiger partial charge in [0.15, 0.2) is 0 Å². The highest BCUT2D eigenvalue weighted by Gasteiger charge is 2.25. The van der Waals surface area contributed by atoms with Crippen LogP contribution in [0.25, 0.3) is 11.3 Å². The van der Waals surface area contributed by atoms with Gasteiger partial charge in [0.25, 0.3) is 0 Å². The number of urea groups is 1. The van der Waals surface area contributed by atoms with Crippen molar-refractivity contribution in [2.24, 2.45) is 5.92 Å². The third kappa shape index (κ3) is 5.95. The average molecular weight is 469 g/mol. The van der Waals surface area contributed by atoms with Gasteiger partial charge < -0.3 is 30.3 Å². The number of aromatic nitrogens is 2. The number of aliphatic hydroxyl groups is 1. The Hall–Kier alpha value is -2.91. The Morgan fingerprint density at radius 3 is 2.74 bits per heavy atom. The van der Waals surface area contributed by atoms with E-state index in [2.05, 4.69) is 27.4 Å². The van der Waals surface area contributed by atoms with E-state index < -0.39 is 6.10 Å². The summed E-state index contributed by atoms with van der Waals surface area (Å²) in [5.41, 5.74) is 3.50. The average Bonchev–Trinajstić information content (AvgIpc) is 3.34. The van der Waals surface area contributed by atoms with Gasteiger partial charge in [0, 0.05) is 50.0 Å². The number of nitrogens with one attached hydrogen (secondary N) is 2. The number of anilines is 3. The zero-order valence-electron chi connectivity index (χ0n) is 20.4. The fraction of sp³-hybridized carbons (Fsp3) is 0.560. The molecule has 3 heterocycles. The Morgan fingerprint density at radius 1 is 1.24 bits per heavy atom. The molecule has 3 N–H and O–H groups in total. The van der Waals surface area contributed by atoms with Gasteiger partial charge in [-0.1, -0.05) is 19.4 Å². The Morgan fingerprint density at radius 2 is 2.03 bits per heavy atom. The second kappa shape index (κ2) is 11.0. The number of aliphatic hydroxyl groups excluding tert-OH is 1. The Labute approximate surface area is 201 Å². The number of benzene rings is 1. The molecule has 0 radical (unpaired) electrons. The van der Waals surface area contributed by atoms with Crippen molar-refractivity contribution in [1.29, 1.82) is 0 Å². The molecule has 0 unspecified atom stereocenters. The molecule has 9 heteroatoms. The fourth-order valence-electron chi connectivity index (χ4n) is 4.35. The van der Waals surface area contributed by atoms with Gasteiger partial charge in [-0.2, -0.15) is 4.98 Å². The first-order chi connectivity index (χ1) is 16.4. The van der Waals surface area contributed by atoms with Crippen molar-refractivity contribution in [2.75, 3.05) is 61.5 Å². The molecule has 4 rings (SSSR count). The topological polar surface area (TPSA) is 103 Å². The number of amides is 2. The van der Waals surface area contributed by atoms with Crippen LogP contribution in [-0.2, 0) is 4.74 Å². The number of hydrogen-bond acceptors (Lipinski definition) is 7. The molecule has 0 saturated carbocycles. The van der Waals surface area contributed by atoms with E-state index >= 15 is 0 Å². The summed E-state index contributed by atoms with van der Waals surface area (Å²) in [6.07, 6.45) is 1.67. The molecule has 184 valence electrons. The van der Waals surface area contributed by atoms with Crippen molar-refractivity contribution < 1.29 is 14.6 Å². The number of nitrogens with zero attached hydrogens (tertiary/aromatic N) is 4. The largest absolute Gasteiger partial charge is 0.392 e. The minimum atomic E-state index is -0.497. The van der Waals surface area contributed by atoms with E-state index in [0.717, 1.165) is 61.5 Å². The molecule has 2 aliphatic heterocycles. The summed E-state index contributed by atoms with van der Waals surface area (Å²) in [6.45, 7) is 10.7. The molecule has 0 bridgehead atoms. The lowest BCUT2D eigenvalue weighted by Crippen LogP contribution is -2.37. The molecule has 2 aromatic rings. The van der Waals surface area contributed by atoms with E-state index in [1.54, 1.807) is 6.92 Å². The molecule has 9 nitrogen and oxygen atoms in total. The molecule has 0 spiro atoms. The van der Waals surface area contributed by atoms with Crippen LogP contribution in [0.1, 0.15) is 32.3 Å². The van der Waals surface area contributed by atoms with Crippen molar-refractivity contribution in [3.05, 3.63) is 29.8 Å². The Balaban J connectivity index is 1.60. The molecule has 1 aromatic carbocycles. The molecule has 2 atom stereocenters. The number of rotatable bonds is 7. The predicted molar refractivity (Wildman–Crippen MR) is 134 cm³/mol. The third-order valence-corrected chi connectivity index (χ3v) is 6.50. The Kier molecular flexibility index (Phi) is 7.84. The summed E-state index contributed by atoms with van der Waals surface area (Å²) in [5.74, 6) is 1.88. The molecule has 0 aliphatic carbocycles. The first-order valence-electron chi connectivity index (χ1n) is 12.2. The van der Waals surface area contributed by atoms with E-state index in [4.69, 9.17) is 9.72 Å². The second-order valence-corrected chi connectivity index (χ2v) is 9.24. The molecule has 2 fully saturated rings. The van der Waals surface area contributed by atoms with Gasteiger partial charge in [-0.3, -0.25) is 0 Å². The zero-order chi connectivity index (χ0) is 24.1. The summed E-state index contributed by atoms with van der Waals surface area (Å²) in [4.78, 5) is 26.4. The molecular weight excluding hydrogens is 432 g/mol. The third-order valence-electron chi connectivity index (χ3n) is 6.50. The molecule has 34 heavy (non-hydrogen) atoms. The SMILES string of the molecule is CC[C@H]1CCN(C(=O)Nc2ccc(C)c(-c3cc(NC[C@@H](C)O)nc(N4CCOCC4)n3)c2)C1. The summed E-state index contributed by atoms with van der Waals surface area (Å²) >= 11 is 0. The lowest BCUT2D eigenvalue weighted by molar-refractivity contribution is 0.122. The number of aryl methyl sites for hydroxylation is 1. The number of carbonyl (C=O) groups excluding carboxylic acids is 1. The summed E-state index contributed by atoms with van der Waals surface area (Å²) in [6, 6.07) is 7.75. The van der Waals surface area contributed by atoms with Crippen molar-refractivity contribution in [3.8, 4) is 11.3 Å². The van der Waals surface area contributed by atoms with Gasteiger partial charge in [0.05, 0.1) is 25.0 Å². The van der Waals surface area contributed by atoms with Crippen LogP contribution in [0, 0.1) is 12.8 Å². The maximum Gasteiger partial charge on any atom is 0.321 e. The number of carbonyl (C=O) groups is 1. The van der Waals surface area contributed by atoms with Gasteiger partial charge in [-0.15, -0.1) is 0 Å². The zero-order valence-corrected chi connectivity index (χ0v) is 20.4. The van der Waals surface area contributed by atoms with Gasteiger partial charge in [0.2, 0.25) is 5.95 Å².